The molecule has 0 spiro atoms. The molecule has 0 fully saturated rings. The van der Waals surface area contributed by atoms with Gasteiger partial charge in [0.1, 0.15) is 0 Å². The predicted molar refractivity (Wildman–Crippen MR) is 74.5 cm³/mol. The van der Waals surface area contributed by atoms with Crippen molar-refractivity contribution in [2.24, 2.45) is 11.7 Å². The van der Waals surface area contributed by atoms with E-state index in [9.17, 15) is 0 Å². The molecule has 0 aromatic carbocycles. The Morgan fingerprint density at radius 1 is 1.44 bits per heavy atom. The van der Waals surface area contributed by atoms with Crippen molar-refractivity contribution >= 4 is 11.3 Å². The van der Waals surface area contributed by atoms with Crippen molar-refractivity contribution in [1.29, 1.82) is 0 Å². The Hall–Kier alpha value is -1.20. The molecule has 18 heavy (non-hydrogen) atoms. The third-order valence-electron chi connectivity index (χ3n) is 3.04. The summed E-state index contributed by atoms with van der Waals surface area (Å²) in [6, 6.07) is 0.0468. The number of hydrogen-bond acceptors (Lipinski definition) is 4. The Morgan fingerprint density at radius 3 is 2.83 bits per heavy atom. The Balaban J connectivity index is 2.04. The first-order valence-electron chi connectivity index (χ1n) is 6.24. The maximum atomic E-state index is 6.18. The topological polar surface area (TPSA) is 56.7 Å². The predicted octanol–water partition coefficient (Wildman–Crippen LogP) is 2.55. The van der Waals surface area contributed by atoms with Crippen LogP contribution in [0, 0.1) is 12.8 Å². The van der Waals surface area contributed by atoms with Crippen LogP contribution in [-0.2, 0) is 13.0 Å². The summed E-state index contributed by atoms with van der Waals surface area (Å²) in [6.07, 6.45) is 4.67. The van der Waals surface area contributed by atoms with Crippen LogP contribution < -0.4 is 5.73 Å². The number of thiazole rings is 1. The van der Waals surface area contributed by atoms with Crippen LogP contribution in [0.15, 0.2) is 17.9 Å². The number of aromatic nitrogens is 3. The van der Waals surface area contributed by atoms with Crippen molar-refractivity contribution in [2.75, 3.05) is 0 Å². The molecule has 0 bridgehead atoms. The Morgan fingerprint density at radius 2 is 2.22 bits per heavy atom. The van der Waals surface area contributed by atoms with Gasteiger partial charge in [-0.3, -0.25) is 0 Å². The molecule has 0 saturated carbocycles. The minimum absolute atomic E-state index is 0.0468. The molecule has 2 rings (SSSR count). The van der Waals surface area contributed by atoms with Crippen molar-refractivity contribution in [2.45, 2.75) is 39.8 Å². The van der Waals surface area contributed by atoms with Crippen molar-refractivity contribution in [3.63, 3.8) is 0 Å². The van der Waals surface area contributed by atoms with Gasteiger partial charge in [0.25, 0.3) is 0 Å². The van der Waals surface area contributed by atoms with Crippen LogP contribution in [0.25, 0.3) is 0 Å². The molecule has 2 aromatic heterocycles. The van der Waals surface area contributed by atoms with Gasteiger partial charge in [0.15, 0.2) is 0 Å². The van der Waals surface area contributed by atoms with E-state index in [1.807, 2.05) is 19.4 Å². The van der Waals surface area contributed by atoms with Gasteiger partial charge in [-0.25, -0.2) is 9.97 Å². The highest BCUT2D eigenvalue weighted by atomic mass is 32.1. The zero-order chi connectivity index (χ0) is 13.1. The second-order valence-corrected chi connectivity index (χ2v) is 5.86. The maximum absolute atomic E-state index is 6.18. The van der Waals surface area contributed by atoms with Crippen molar-refractivity contribution in [1.82, 2.24) is 14.5 Å². The SMILES string of the molecule is Cc1csc(CCn2cncc2C(N)C(C)C)n1. The highest BCUT2D eigenvalue weighted by molar-refractivity contribution is 7.09. The van der Waals surface area contributed by atoms with Crippen LogP contribution in [-0.4, -0.2) is 14.5 Å². The summed E-state index contributed by atoms with van der Waals surface area (Å²) in [5.74, 6) is 0.419. The summed E-state index contributed by atoms with van der Waals surface area (Å²) >= 11 is 1.72. The van der Waals surface area contributed by atoms with E-state index in [2.05, 4.69) is 33.8 Å². The van der Waals surface area contributed by atoms with Gasteiger partial charge in [-0.1, -0.05) is 13.8 Å². The number of rotatable bonds is 5. The average molecular weight is 264 g/mol. The van der Waals surface area contributed by atoms with E-state index in [1.54, 1.807) is 11.3 Å². The van der Waals surface area contributed by atoms with Crippen LogP contribution in [0.2, 0.25) is 0 Å². The second-order valence-electron chi connectivity index (χ2n) is 4.91. The first-order valence-corrected chi connectivity index (χ1v) is 7.12. The maximum Gasteiger partial charge on any atom is 0.0948 e. The second kappa shape index (κ2) is 5.63. The van der Waals surface area contributed by atoms with Crippen LogP contribution in [0.4, 0.5) is 0 Å². The van der Waals surface area contributed by atoms with Gasteiger partial charge < -0.3 is 10.3 Å². The molecule has 0 aliphatic heterocycles. The lowest BCUT2D eigenvalue weighted by Crippen LogP contribution is -2.20. The summed E-state index contributed by atoms with van der Waals surface area (Å²) in [4.78, 5) is 8.68. The molecule has 0 aliphatic carbocycles. The molecule has 0 saturated heterocycles. The molecule has 98 valence electrons. The lowest BCUT2D eigenvalue weighted by molar-refractivity contribution is 0.477. The van der Waals surface area contributed by atoms with Gasteiger partial charge in [-0.05, 0) is 12.8 Å². The number of aryl methyl sites for hydroxylation is 3. The molecule has 5 heteroatoms. The molecule has 2 N–H and O–H groups in total. The third kappa shape index (κ3) is 2.97. The van der Waals surface area contributed by atoms with E-state index in [0.29, 0.717) is 5.92 Å². The fourth-order valence-corrected chi connectivity index (χ4v) is 2.64. The van der Waals surface area contributed by atoms with Gasteiger partial charge >= 0.3 is 0 Å². The summed E-state index contributed by atoms with van der Waals surface area (Å²) in [6.45, 7) is 7.18. The van der Waals surface area contributed by atoms with Crippen LogP contribution in [0.1, 0.15) is 36.3 Å². The highest BCUT2D eigenvalue weighted by Crippen LogP contribution is 2.19. The van der Waals surface area contributed by atoms with Crippen molar-refractivity contribution in [3.05, 3.63) is 34.3 Å². The largest absolute Gasteiger partial charge is 0.333 e. The van der Waals surface area contributed by atoms with Crippen molar-refractivity contribution in [3.8, 4) is 0 Å². The lowest BCUT2D eigenvalue weighted by Gasteiger charge is -2.17. The molecule has 0 aliphatic rings. The zero-order valence-electron chi connectivity index (χ0n) is 11.1. The van der Waals surface area contributed by atoms with E-state index in [0.717, 1.165) is 24.4 Å². The van der Waals surface area contributed by atoms with Gasteiger partial charge in [-0.2, -0.15) is 0 Å². The van der Waals surface area contributed by atoms with Gasteiger partial charge in [0.05, 0.1) is 17.0 Å². The Bertz CT molecular complexity index is 501. The standard InChI is InChI=1S/C13H20N4S/c1-9(2)13(14)11-6-15-8-17(11)5-4-12-16-10(3)7-18-12/h6-9,13H,4-5,14H2,1-3H3. The monoisotopic (exact) mass is 264 g/mol. The molecule has 1 unspecified atom stereocenters. The van der Waals surface area contributed by atoms with Crippen LogP contribution in [0.3, 0.4) is 0 Å². The molecule has 0 amide bonds. The number of nitrogens with zero attached hydrogens (tertiary/aromatic N) is 3. The van der Waals surface area contributed by atoms with E-state index in [1.165, 1.54) is 5.01 Å². The smallest absolute Gasteiger partial charge is 0.0948 e. The quantitative estimate of drug-likeness (QED) is 0.903. The molecule has 2 heterocycles. The normalized spacial score (nSPS) is 13.2. The van der Waals surface area contributed by atoms with Crippen molar-refractivity contribution < 1.29 is 0 Å². The number of nitrogens with two attached hydrogens (primary N) is 1. The fraction of sp³-hybridized carbons (Fsp3) is 0.538. The molecular formula is C13H20N4S. The minimum Gasteiger partial charge on any atom is -0.333 e. The lowest BCUT2D eigenvalue weighted by atomic mass is 10.0. The van der Waals surface area contributed by atoms with Gasteiger partial charge in [0.2, 0.25) is 0 Å². The first kappa shape index (κ1) is 13.2. The van der Waals surface area contributed by atoms with E-state index in [4.69, 9.17) is 5.73 Å². The summed E-state index contributed by atoms with van der Waals surface area (Å²) in [5, 5.41) is 3.26. The molecule has 0 radical (unpaired) electrons. The van der Waals surface area contributed by atoms with Gasteiger partial charge in [-0.15, -0.1) is 11.3 Å². The van der Waals surface area contributed by atoms with E-state index >= 15 is 0 Å². The summed E-state index contributed by atoms with van der Waals surface area (Å²) in [5.41, 5.74) is 8.39. The average Bonchev–Trinajstić information content (AvgIpc) is 2.93. The summed E-state index contributed by atoms with van der Waals surface area (Å²) in [7, 11) is 0. The number of imidazole rings is 1. The third-order valence-corrected chi connectivity index (χ3v) is 4.06. The molecule has 1 atom stereocenters. The summed E-state index contributed by atoms with van der Waals surface area (Å²) < 4.78 is 2.14. The van der Waals surface area contributed by atoms with Crippen LogP contribution >= 0.6 is 11.3 Å². The van der Waals surface area contributed by atoms with E-state index in [-0.39, 0.29) is 6.04 Å². The molecule has 2 aromatic rings. The Labute approximate surface area is 112 Å². The van der Waals surface area contributed by atoms with E-state index < -0.39 is 0 Å². The first-order chi connectivity index (χ1) is 8.58. The number of hydrogen-bond donors (Lipinski definition) is 1. The highest BCUT2D eigenvalue weighted by Gasteiger charge is 2.15. The zero-order valence-corrected chi connectivity index (χ0v) is 11.9. The van der Waals surface area contributed by atoms with Gasteiger partial charge in [0, 0.05) is 36.3 Å². The Kier molecular flexibility index (Phi) is 4.14. The molecular weight excluding hydrogens is 244 g/mol. The fourth-order valence-electron chi connectivity index (χ4n) is 1.87. The molecule has 4 nitrogen and oxygen atoms in total. The minimum atomic E-state index is 0.0468. The van der Waals surface area contributed by atoms with Crippen LogP contribution in [0.5, 0.6) is 0 Å².